The predicted octanol–water partition coefficient (Wildman–Crippen LogP) is 3.92. The Balaban J connectivity index is 1.52. The maximum Gasteiger partial charge on any atom is 0.251 e. The summed E-state index contributed by atoms with van der Waals surface area (Å²) in [7, 11) is 1.58. The van der Waals surface area contributed by atoms with Crippen LogP contribution in [0.25, 0.3) is 0 Å². The van der Waals surface area contributed by atoms with E-state index >= 15 is 0 Å². The van der Waals surface area contributed by atoms with Crippen LogP contribution in [0, 0.1) is 11.6 Å². The van der Waals surface area contributed by atoms with E-state index in [9.17, 15) is 13.6 Å². The summed E-state index contributed by atoms with van der Waals surface area (Å²) >= 11 is 0. The van der Waals surface area contributed by atoms with E-state index in [0.29, 0.717) is 17.9 Å². The number of anilines is 2. The lowest BCUT2D eigenvalue weighted by Gasteiger charge is -2.10. The van der Waals surface area contributed by atoms with Crippen LogP contribution in [0.1, 0.15) is 10.4 Å². The Kier molecular flexibility index (Phi) is 6.57. The highest BCUT2D eigenvalue weighted by Crippen LogP contribution is 2.20. The van der Waals surface area contributed by atoms with Gasteiger partial charge in [0.2, 0.25) is 0 Å². The minimum absolute atomic E-state index is 0.0596. The number of benzene rings is 2. The molecule has 6 nitrogen and oxygen atoms in total. The molecule has 1 amide bonds. The van der Waals surface area contributed by atoms with E-state index in [-0.39, 0.29) is 24.0 Å². The number of rotatable bonds is 8. The monoisotopic (exact) mass is 399 g/mol. The summed E-state index contributed by atoms with van der Waals surface area (Å²) in [4.78, 5) is 16.3. The number of aromatic nitrogens is 1. The summed E-state index contributed by atoms with van der Waals surface area (Å²) in [5.74, 6) is -0.0978. The second-order valence-corrected chi connectivity index (χ2v) is 5.96. The van der Waals surface area contributed by atoms with Crippen LogP contribution in [-0.2, 0) is 0 Å². The zero-order valence-corrected chi connectivity index (χ0v) is 15.6. The Morgan fingerprint density at radius 1 is 1.03 bits per heavy atom. The summed E-state index contributed by atoms with van der Waals surface area (Å²) in [6, 6.07) is 13.3. The first-order valence-electron chi connectivity index (χ1n) is 8.78. The molecule has 3 aromatic rings. The molecular weight excluding hydrogens is 380 g/mol. The van der Waals surface area contributed by atoms with Gasteiger partial charge >= 0.3 is 0 Å². The van der Waals surface area contributed by atoms with Gasteiger partial charge in [0, 0.05) is 17.8 Å². The number of carbonyl (C=O) groups excluding carboxylic acids is 1. The maximum absolute atomic E-state index is 13.8. The molecule has 0 aliphatic carbocycles. The molecule has 0 fully saturated rings. The second-order valence-electron chi connectivity index (χ2n) is 5.96. The van der Waals surface area contributed by atoms with Crippen LogP contribution in [0.3, 0.4) is 0 Å². The molecule has 0 saturated carbocycles. The van der Waals surface area contributed by atoms with Crippen molar-refractivity contribution >= 4 is 17.4 Å². The Morgan fingerprint density at radius 3 is 2.52 bits per heavy atom. The van der Waals surface area contributed by atoms with Gasteiger partial charge in [0.25, 0.3) is 5.91 Å². The number of hydrogen-bond donors (Lipinski definition) is 2. The van der Waals surface area contributed by atoms with Gasteiger partial charge in [-0.05, 0) is 48.5 Å². The van der Waals surface area contributed by atoms with E-state index in [0.717, 1.165) is 17.9 Å². The molecule has 150 valence electrons. The highest BCUT2D eigenvalue weighted by atomic mass is 19.1. The first kappa shape index (κ1) is 20.1. The zero-order valence-electron chi connectivity index (χ0n) is 15.6. The van der Waals surface area contributed by atoms with Crippen LogP contribution in [-0.4, -0.2) is 31.2 Å². The molecule has 0 saturated heterocycles. The van der Waals surface area contributed by atoms with Crippen LogP contribution in [0.15, 0.2) is 60.8 Å². The first-order valence-corrected chi connectivity index (χ1v) is 8.78. The molecule has 0 radical (unpaired) electrons. The molecule has 1 heterocycles. The fourth-order valence-corrected chi connectivity index (χ4v) is 2.48. The number of ether oxygens (including phenoxy) is 2. The van der Waals surface area contributed by atoms with Crippen molar-refractivity contribution in [1.82, 2.24) is 10.3 Å². The number of nitrogens with zero attached hydrogens (tertiary/aromatic N) is 1. The van der Waals surface area contributed by atoms with Crippen molar-refractivity contribution in [2.24, 2.45) is 0 Å². The summed E-state index contributed by atoms with van der Waals surface area (Å²) in [6.45, 7) is 0.581. The van der Waals surface area contributed by atoms with Crippen molar-refractivity contribution in [3.63, 3.8) is 0 Å². The van der Waals surface area contributed by atoms with E-state index in [1.54, 1.807) is 31.4 Å². The van der Waals surface area contributed by atoms with Gasteiger partial charge in [-0.3, -0.25) is 4.79 Å². The first-order chi connectivity index (χ1) is 14.0. The molecule has 0 bridgehead atoms. The molecule has 2 N–H and O–H groups in total. The van der Waals surface area contributed by atoms with Gasteiger partial charge in [-0.1, -0.05) is 0 Å². The molecule has 2 aromatic carbocycles. The summed E-state index contributed by atoms with van der Waals surface area (Å²) in [5, 5.41) is 5.46. The standard InChI is InChI=1S/C21H19F2N3O3/c1-28-16-3-5-17(6-4-16)29-11-10-25-21(27)14-8-9-24-20(12-14)26-19-7-2-15(22)13-18(19)23/h2-9,12-13H,10-11H2,1H3,(H,24,26)(H,25,27). The summed E-state index contributed by atoms with van der Waals surface area (Å²) in [5.41, 5.74) is 0.402. The van der Waals surface area contributed by atoms with E-state index < -0.39 is 11.6 Å². The van der Waals surface area contributed by atoms with Gasteiger partial charge < -0.3 is 20.1 Å². The largest absolute Gasteiger partial charge is 0.497 e. The minimum Gasteiger partial charge on any atom is -0.497 e. The highest BCUT2D eigenvalue weighted by molar-refractivity contribution is 5.94. The van der Waals surface area contributed by atoms with Crippen LogP contribution in [0.4, 0.5) is 20.3 Å². The lowest BCUT2D eigenvalue weighted by Crippen LogP contribution is -2.28. The Hall–Kier alpha value is -3.68. The molecule has 3 rings (SSSR count). The molecule has 29 heavy (non-hydrogen) atoms. The van der Waals surface area contributed by atoms with E-state index in [1.165, 1.54) is 24.4 Å². The molecular formula is C21H19F2N3O3. The van der Waals surface area contributed by atoms with Crippen LogP contribution in [0.2, 0.25) is 0 Å². The van der Waals surface area contributed by atoms with Crippen molar-refractivity contribution in [3.8, 4) is 11.5 Å². The van der Waals surface area contributed by atoms with Gasteiger partial charge in [0.1, 0.15) is 35.6 Å². The predicted molar refractivity (Wildman–Crippen MR) is 105 cm³/mol. The Morgan fingerprint density at radius 2 is 1.79 bits per heavy atom. The third-order valence-electron chi connectivity index (χ3n) is 3.93. The van der Waals surface area contributed by atoms with Crippen molar-refractivity contribution < 1.29 is 23.0 Å². The third kappa shape index (κ3) is 5.65. The number of nitrogens with one attached hydrogen (secondary N) is 2. The normalized spacial score (nSPS) is 10.3. The van der Waals surface area contributed by atoms with Crippen molar-refractivity contribution in [2.45, 2.75) is 0 Å². The van der Waals surface area contributed by atoms with Gasteiger partial charge in [-0.25, -0.2) is 13.8 Å². The average molecular weight is 399 g/mol. The number of amides is 1. The van der Waals surface area contributed by atoms with Gasteiger partial charge in [-0.15, -0.1) is 0 Å². The van der Waals surface area contributed by atoms with Crippen molar-refractivity contribution in [1.29, 1.82) is 0 Å². The maximum atomic E-state index is 13.8. The Labute approximate surface area is 166 Å². The van der Waals surface area contributed by atoms with E-state index in [2.05, 4.69) is 15.6 Å². The van der Waals surface area contributed by atoms with E-state index in [4.69, 9.17) is 9.47 Å². The topological polar surface area (TPSA) is 72.5 Å². The number of methoxy groups -OCH3 is 1. The molecule has 0 aliphatic rings. The Bertz CT molecular complexity index is 981. The zero-order chi connectivity index (χ0) is 20.6. The molecule has 8 heteroatoms. The molecule has 0 atom stereocenters. The molecule has 0 unspecified atom stereocenters. The molecule has 0 spiro atoms. The van der Waals surface area contributed by atoms with Crippen molar-refractivity contribution in [2.75, 3.05) is 25.6 Å². The van der Waals surface area contributed by atoms with Crippen LogP contribution in [0.5, 0.6) is 11.5 Å². The molecule has 0 aliphatic heterocycles. The lowest BCUT2D eigenvalue weighted by molar-refractivity contribution is 0.0947. The third-order valence-corrected chi connectivity index (χ3v) is 3.93. The minimum atomic E-state index is -0.752. The quantitative estimate of drug-likeness (QED) is 0.562. The summed E-state index contributed by atoms with van der Waals surface area (Å²) in [6.07, 6.45) is 1.42. The second kappa shape index (κ2) is 9.50. The number of pyridine rings is 1. The fraction of sp³-hybridized carbons (Fsp3) is 0.143. The van der Waals surface area contributed by atoms with Gasteiger partial charge in [-0.2, -0.15) is 0 Å². The van der Waals surface area contributed by atoms with Crippen LogP contribution >= 0.6 is 0 Å². The SMILES string of the molecule is COc1ccc(OCCNC(=O)c2ccnc(Nc3ccc(F)cc3F)c2)cc1. The summed E-state index contributed by atoms with van der Waals surface area (Å²) < 4.78 is 37.4. The average Bonchev–Trinajstić information content (AvgIpc) is 2.74. The van der Waals surface area contributed by atoms with Crippen molar-refractivity contribution in [3.05, 3.63) is 78.0 Å². The lowest BCUT2D eigenvalue weighted by atomic mass is 10.2. The number of hydrogen-bond acceptors (Lipinski definition) is 5. The number of halogens is 2. The van der Waals surface area contributed by atoms with Gasteiger partial charge in [0.15, 0.2) is 0 Å². The number of carbonyl (C=O) groups is 1. The highest BCUT2D eigenvalue weighted by Gasteiger charge is 2.09. The molecule has 1 aromatic heterocycles. The van der Waals surface area contributed by atoms with Crippen LogP contribution < -0.4 is 20.1 Å². The van der Waals surface area contributed by atoms with Gasteiger partial charge in [0.05, 0.1) is 19.3 Å². The fourth-order valence-electron chi connectivity index (χ4n) is 2.48. The van der Waals surface area contributed by atoms with E-state index in [1.807, 2.05) is 0 Å². The smallest absolute Gasteiger partial charge is 0.251 e.